The van der Waals surface area contributed by atoms with E-state index in [0.717, 1.165) is 35.9 Å². The predicted molar refractivity (Wildman–Crippen MR) is 145 cm³/mol. The molecule has 0 saturated heterocycles. The molecule has 0 bridgehead atoms. The average Bonchev–Trinajstić information content (AvgIpc) is 2.73. The van der Waals surface area contributed by atoms with Gasteiger partial charge in [0.25, 0.3) is 0 Å². The van der Waals surface area contributed by atoms with Gasteiger partial charge in [-0.2, -0.15) is 0 Å². The SMILES string of the molecule is Cc1c(C)c(CBr)c2c(c1C)O[C@](C)(CCC[C@H](C)CCC[C@H](C)CCCC(C)C)CC2. The summed E-state index contributed by atoms with van der Waals surface area (Å²) in [4.78, 5) is 0. The van der Waals surface area contributed by atoms with E-state index >= 15 is 0 Å². The molecule has 1 aliphatic heterocycles. The first-order valence-corrected chi connectivity index (χ1v) is 14.6. The smallest absolute Gasteiger partial charge is 0.126 e. The first-order valence-electron chi connectivity index (χ1n) is 13.4. The number of rotatable bonds is 13. The van der Waals surface area contributed by atoms with Crippen LogP contribution >= 0.6 is 15.9 Å². The van der Waals surface area contributed by atoms with Gasteiger partial charge in [0.1, 0.15) is 11.4 Å². The standard InChI is InChI=1S/C30H51BrO/c1-21(2)12-9-13-22(3)14-10-15-23(4)16-11-18-30(8)19-17-27-28(20-31)25(6)24(5)26(7)29(27)32-30/h21-23H,9-20H2,1-8H3/t22-,23-,30-/m1/s1. The quantitative estimate of drug-likeness (QED) is 0.241. The first-order chi connectivity index (χ1) is 15.1. The Balaban J connectivity index is 1.77. The maximum absolute atomic E-state index is 6.76. The molecule has 0 spiro atoms. The van der Waals surface area contributed by atoms with Crippen molar-refractivity contribution in [3.05, 3.63) is 27.8 Å². The Bertz CT molecular complexity index is 722. The van der Waals surface area contributed by atoms with E-state index in [4.69, 9.17) is 4.74 Å². The highest BCUT2D eigenvalue weighted by Crippen LogP contribution is 2.43. The van der Waals surface area contributed by atoms with Crippen LogP contribution in [0.4, 0.5) is 0 Å². The predicted octanol–water partition coefficient (Wildman–Crippen LogP) is 10.0. The lowest BCUT2D eigenvalue weighted by atomic mass is 9.83. The van der Waals surface area contributed by atoms with Crippen LogP contribution in [0.1, 0.15) is 127 Å². The molecule has 3 atom stereocenters. The number of benzene rings is 1. The van der Waals surface area contributed by atoms with Crippen molar-refractivity contribution in [1.29, 1.82) is 0 Å². The monoisotopic (exact) mass is 506 g/mol. The number of hydrogen-bond acceptors (Lipinski definition) is 1. The Morgan fingerprint density at radius 3 is 1.94 bits per heavy atom. The summed E-state index contributed by atoms with van der Waals surface area (Å²) in [5, 5.41) is 0.927. The van der Waals surface area contributed by atoms with Gasteiger partial charge in [0.05, 0.1) is 0 Å². The molecule has 0 unspecified atom stereocenters. The molecule has 0 saturated carbocycles. The normalized spacial score (nSPS) is 20.2. The molecule has 1 aromatic carbocycles. The molecule has 2 heteroatoms. The number of halogens is 1. The van der Waals surface area contributed by atoms with Crippen molar-refractivity contribution < 1.29 is 4.74 Å². The molecule has 1 nitrogen and oxygen atoms in total. The molecule has 0 N–H and O–H groups in total. The van der Waals surface area contributed by atoms with Gasteiger partial charge in [-0.1, -0.05) is 88.6 Å². The molecule has 0 aromatic heterocycles. The molecule has 184 valence electrons. The van der Waals surface area contributed by atoms with Gasteiger partial charge in [0.15, 0.2) is 0 Å². The van der Waals surface area contributed by atoms with E-state index in [0.29, 0.717) is 0 Å². The minimum atomic E-state index is -0.00626. The molecule has 2 rings (SSSR count). The fraction of sp³-hybridized carbons (Fsp3) is 0.800. The van der Waals surface area contributed by atoms with Gasteiger partial charge in [-0.25, -0.2) is 0 Å². The average molecular weight is 508 g/mol. The molecule has 1 aliphatic rings. The van der Waals surface area contributed by atoms with Gasteiger partial charge in [0, 0.05) is 5.33 Å². The van der Waals surface area contributed by atoms with Crippen LogP contribution in [-0.2, 0) is 11.8 Å². The number of ether oxygens (including phenoxy) is 1. The van der Waals surface area contributed by atoms with Crippen LogP contribution in [0.25, 0.3) is 0 Å². The highest BCUT2D eigenvalue weighted by atomic mass is 79.9. The molecule has 0 amide bonds. The van der Waals surface area contributed by atoms with Crippen LogP contribution in [0.3, 0.4) is 0 Å². The zero-order valence-electron chi connectivity index (χ0n) is 22.5. The zero-order valence-corrected chi connectivity index (χ0v) is 24.1. The maximum Gasteiger partial charge on any atom is 0.126 e. The summed E-state index contributed by atoms with van der Waals surface area (Å²) in [6.45, 7) is 18.7. The van der Waals surface area contributed by atoms with Gasteiger partial charge in [-0.15, -0.1) is 0 Å². The molecule has 1 aromatic rings. The third-order valence-corrected chi connectivity index (χ3v) is 8.78. The van der Waals surface area contributed by atoms with Crippen molar-refractivity contribution >= 4 is 15.9 Å². The van der Waals surface area contributed by atoms with Crippen LogP contribution in [0.2, 0.25) is 0 Å². The Kier molecular flexibility index (Phi) is 11.1. The van der Waals surface area contributed by atoms with E-state index in [1.165, 1.54) is 91.4 Å². The van der Waals surface area contributed by atoms with Crippen molar-refractivity contribution in [1.82, 2.24) is 0 Å². The first kappa shape index (κ1) is 27.7. The lowest BCUT2D eigenvalue weighted by Gasteiger charge is -2.38. The van der Waals surface area contributed by atoms with E-state index < -0.39 is 0 Å². The third-order valence-electron chi connectivity index (χ3n) is 8.22. The third kappa shape index (κ3) is 7.78. The highest BCUT2D eigenvalue weighted by Gasteiger charge is 2.34. The minimum Gasteiger partial charge on any atom is -0.487 e. The summed E-state index contributed by atoms with van der Waals surface area (Å²) in [7, 11) is 0. The molecule has 0 radical (unpaired) electrons. The van der Waals surface area contributed by atoms with Gasteiger partial charge < -0.3 is 4.74 Å². The lowest BCUT2D eigenvalue weighted by Crippen LogP contribution is -2.37. The van der Waals surface area contributed by atoms with E-state index in [-0.39, 0.29) is 5.60 Å². The Morgan fingerprint density at radius 2 is 1.38 bits per heavy atom. The van der Waals surface area contributed by atoms with Gasteiger partial charge in [0.2, 0.25) is 0 Å². The summed E-state index contributed by atoms with van der Waals surface area (Å²) in [6.07, 6.45) is 14.5. The Labute approximate surface area is 208 Å². The van der Waals surface area contributed by atoms with Crippen LogP contribution in [0.15, 0.2) is 0 Å². The second-order valence-corrected chi connectivity index (χ2v) is 12.3. The van der Waals surface area contributed by atoms with Gasteiger partial charge in [-0.05, 0) is 98.9 Å². The van der Waals surface area contributed by atoms with E-state index in [2.05, 4.69) is 71.3 Å². The van der Waals surface area contributed by atoms with Gasteiger partial charge >= 0.3 is 0 Å². The summed E-state index contributed by atoms with van der Waals surface area (Å²) >= 11 is 3.72. The van der Waals surface area contributed by atoms with Crippen LogP contribution < -0.4 is 4.74 Å². The number of hydrogen-bond donors (Lipinski definition) is 0. The lowest BCUT2D eigenvalue weighted by molar-refractivity contribution is 0.0513. The summed E-state index contributed by atoms with van der Waals surface area (Å²) in [5.41, 5.74) is 7.09. The van der Waals surface area contributed by atoms with Crippen molar-refractivity contribution in [2.75, 3.05) is 0 Å². The van der Waals surface area contributed by atoms with E-state index in [1.54, 1.807) is 0 Å². The van der Waals surface area contributed by atoms with E-state index in [1.807, 2.05) is 0 Å². The number of alkyl halides is 1. The second-order valence-electron chi connectivity index (χ2n) is 11.7. The topological polar surface area (TPSA) is 9.23 Å². The van der Waals surface area contributed by atoms with Crippen molar-refractivity contribution in [2.45, 2.75) is 137 Å². The van der Waals surface area contributed by atoms with Crippen molar-refractivity contribution in [2.24, 2.45) is 17.8 Å². The second kappa shape index (κ2) is 12.8. The Morgan fingerprint density at radius 1 is 0.812 bits per heavy atom. The Hall–Kier alpha value is -0.500. The molecule has 32 heavy (non-hydrogen) atoms. The molecule has 0 aliphatic carbocycles. The molecule has 0 fully saturated rings. The summed E-state index contributed by atoms with van der Waals surface area (Å²) in [6, 6.07) is 0. The van der Waals surface area contributed by atoms with Crippen molar-refractivity contribution in [3.63, 3.8) is 0 Å². The van der Waals surface area contributed by atoms with Crippen LogP contribution in [0.5, 0.6) is 5.75 Å². The fourth-order valence-electron chi connectivity index (χ4n) is 5.52. The van der Waals surface area contributed by atoms with E-state index in [9.17, 15) is 0 Å². The molecular weight excluding hydrogens is 456 g/mol. The number of fused-ring (bicyclic) bond motifs is 1. The highest BCUT2D eigenvalue weighted by molar-refractivity contribution is 9.08. The van der Waals surface area contributed by atoms with Crippen LogP contribution in [-0.4, -0.2) is 5.60 Å². The molecule has 1 heterocycles. The summed E-state index contributed by atoms with van der Waals surface area (Å²) < 4.78 is 6.76. The van der Waals surface area contributed by atoms with Gasteiger partial charge in [-0.3, -0.25) is 0 Å². The van der Waals surface area contributed by atoms with Crippen LogP contribution in [0, 0.1) is 38.5 Å². The molecular formula is C30H51BrO. The largest absolute Gasteiger partial charge is 0.487 e. The van der Waals surface area contributed by atoms with Crippen molar-refractivity contribution in [3.8, 4) is 5.75 Å². The zero-order chi connectivity index (χ0) is 23.9. The maximum atomic E-state index is 6.76. The minimum absolute atomic E-state index is 0.00626. The fourth-order valence-corrected chi connectivity index (χ4v) is 6.28. The summed E-state index contributed by atoms with van der Waals surface area (Å²) in [5.74, 6) is 3.78.